The Bertz CT molecular complexity index is 532. The van der Waals surface area contributed by atoms with Gasteiger partial charge in [0.25, 0.3) is 0 Å². The fourth-order valence-corrected chi connectivity index (χ4v) is 2.35. The van der Waals surface area contributed by atoms with Crippen molar-refractivity contribution in [3.8, 4) is 5.75 Å². The van der Waals surface area contributed by atoms with E-state index in [1.807, 2.05) is 0 Å². The summed E-state index contributed by atoms with van der Waals surface area (Å²) >= 11 is 0. The van der Waals surface area contributed by atoms with Gasteiger partial charge in [0.05, 0.1) is 13.2 Å². The van der Waals surface area contributed by atoms with Gasteiger partial charge < -0.3 is 25.3 Å². The average Bonchev–Trinajstić information content (AvgIpc) is 2.60. The van der Waals surface area contributed by atoms with E-state index in [0.29, 0.717) is 24.7 Å². The largest absolute Gasteiger partial charge is 0.482 e. The molecule has 2 rings (SSSR count). The van der Waals surface area contributed by atoms with Gasteiger partial charge in [0.2, 0.25) is 5.91 Å². The van der Waals surface area contributed by atoms with Crippen molar-refractivity contribution >= 4 is 30.0 Å². The van der Waals surface area contributed by atoms with E-state index in [2.05, 4.69) is 10.1 Å². The van der Waals surface area contributed by atoms with Crippen LogP contribution in [0.1, 0.15) is 12.8 Å². The predicted molar refractivity (Wildman–Crippen MR) is 91.3 cm³/mol. The van der Waals surface area contributed by atoms with Crippen molar-refractivity contribution in [1.29, 1.82) is 0 Å². The van der Waals surface area contributed by atoms with Crippen molar-refractivity contribution in [3.63, 3.8) is 0 Å². The summed E-state index contributed by atoms with van der Waals surface area (Å²) in [4.78, 5) is 23.2. The Hall–Kier alpha value is -1.83. The summed E-state index contributed by atoms with van der Waals surface area (Å²) in [5, 5.41) is 2.79. The third kappa shape index (κ3) is 5.99. The van der Waals surface area contributed by atoms with E-state index in [4.69, 9.17) is 15.2 Å². The first kappa shape index (κ1) is 20.2. The number of halogens is 1. The molecule has 1 aromatic carbocycles. The fraction of sp³-hybridized carbons (Fsp3) is 0.500. The topological polar surface area (TPSA) is 99.9 Å². The molecule has 0 saturated carbocycles. The van der Waals surface area contributed by atoms with Crippen LogP contribution in [0.3, 0.4) is 0 Å². The highest BCUT2D eigenvalue weighted by atomic mass is 35.5. The predicted octanol–water partition coefficient (Wildman–Crippen LogP) is 1.35. The second-order valence-corrected chi connectivity index (χ2v) is 5.35. The minimum atomic E-state index is -0.547. The summed E-state index contributed by atoms with van der Waals surface area (Å²) in [7, 11) is 1.30. The third-order valence-electron chi connectivity index (χ3n) is 3.78. The first-order valence-electron chi connectivity index (χ1n) is 7.54. The van der Waals surface area contributed by atoms with Gasteiger partial charge in [-0.3, -0.25) is 4.79 Å². The first-order valence-corrected chi connectivity index (χ1v) is 7.54. The average molecular weight is 359 g/mol. The quantitative estimate of drug-likeness (QED) is 0.745. The lowest BCUT2D eigenvalue weighted by atomic mass is 9.92. The van der Waals surface area contributed by atoms with Gasteiger partial charge in [0.15, 0.2) is 6.61 Å². The number of anilines is 1. The van der Waals surface area contributed by atoms with Gasteiger partial charge in [-0.25, -0.2) is 4.79 Å². The SMILES string of the molecule is COC(=O)COc1ccc(NC(=O)C(N)C2CCOCC2)cc1.Cl. The molecular formula is C16H23ClN2O5. The molecule has 134 valence electrons. The van der Waals surface area contributed by atoms with Crippen molar-refractivity contribution in [2.45, 2.75) is 18.9 Å². The second kappa shape index (κ2) is 10.1. The minimum Gasteiger partial charge on any atom is -0.482 e. The van der Waals surface area contributed by atoms with Crippen LogP contribution < -0.4 is 15.8 Å². The van der Waals surface area contributed by atoms with Crippen LogP contribution in [0.2, 0.25) is 0 Å². The van der Waals surface area contributed by atoms with Gasteiger partial charge >= 0.3 is 5.97 Å². The number of methoxy groups -OCH3 is 1. The van der Waals surface area contributed by atoms with Gasteiger partial charge in [-0.05, 0) is 43.0 Å². The maximum atomic E-state index is 12.2. The molecule has 1 aromatic rings. The Morgan fingerprint density at radius 1 is 1.29 bits per heavy atom. The van der Waals surface area contributed by atoms with E-state index in [1.165, 1.54) is 7.11 Å². The summed E-state index contributed by atoms with van der Waals surface area (Å²) in [6.45, 7) is 1.15. The summed E-state index contributed by atoms with van der Waals surface area (Å²) in [5.74, 6) is -0.00140. The molecule has 1 atom stereocenters. The molecule has 1 fully saturated rings. The first-order chi connectivity index (χ1) is 11.1. The molecule has 1 aliphatic heterocycles. The molecule has 1 heterocycles. The molecule has 1 unspecified atom stereocenters. The van der Waals surface area contributed by atoms with Crippen molar-refractivity contribution in [2.75, 3.05) is 32.2 Å². The van der Waals surface area contributed by atoms with Crippen LogP contribution in [0.25, 0.3) is 0 Å². The number of nitrogens with one attached hydrogen (secondary N) is 1. The molecule has 0 aliphatic carbocycles. The maximum absolute atomic E-state index is 12.2. The Balaban J connectivity index is 0.00000288. The molecule has 1 amide bonds. The van der Waals surface area contributed by atoms with Crippen LogP contribution in [0.5, 0.6) is 5.75 Å². The number of ether oxygens (including phenoxy) is 3. The number of nitrogens with two attached hydrogens (primary N) is 1. The zero-order valence-electron chi connectivity index (χ0n) is 13.5. The molecule has 7 nitrogen and oxygen atoms in total. The van der Waals surface area contributed by atoms with Gasteiger partial charge in [-0.2, -0.15) is 0 Å². The zero-order chi connectivity index (χ0) is 16.7. The summed E-state index contributed by atoms with van der Waals surface area (Å²) in [5.41, 5.74) is 6.65. The smallest absolute Gasteiger partial charge is 0.343 e. The number of carbonyl (C=O) groups excluding carboxylic acids is 2. The number of benzene rings is 1. The minimum absolute atomic E-state index is 0. The highest BCUT2D eigenvalue weighted by Crippen LogP contribution is 2.20. The summed E-state index contributed by atoms with van der Waals surface area (Å²) in [6, 6.07) is 6.17. The second-order valence-electron chi connectivity index (χ2n) is 5.35. The lowest BCUT2D eigenvalue weighted by molar-refractivity contribution is -0.142. The van der Waals surface area contributed by atoms with Crippen LogP contribution in [0.4, 0.5) is 5.69 Å². The van der Waals surface area contributed by atoms with Crippen molar-refractivity contribution in [2.24, 2.45) is 11.7 Å². The molecule has 0 bridgehead atoms. The Labute approximate surface area is 147 Å². The van der Waals surface area contributed by atoms with Crippen molar-refractivity contribution in [1.82, 2.24) is 0 Å². The van der Waals surface area contributed by atoms with Crippen LogP contribution in [0.15, 0.2) is 24.3 Å². The number of rotatable bonds is 6. The molecular weight excluding hydrogens is 336 g/mol. The Morgan fingerprint density at radius 3 is 2.50 bits per heavy atom. The maximum Gasteiger partial charge on any atom is 0.343 e. The molecule has 8 heteroatoms. The summed E-state index contributed by atoms with van der Waals surface area (Å²) < 4.78 is 15.0. The van der Waals surface area contributed by atoms with E-state index in [1.54, 1.807) is 24.3 Å². The molecule has 1 aliphatic rings. The van der Waals surface area contributed by atoms with Crippen LogP contribution in [0, 0.1) is 5.92 Å². The standard InChI is InChI=1S/C16H22N2O5.ClH/c1-21-14(19)10-23-13-4-2-12(3-5-13)18-16(20)15(17)11-6-8-22-9-7-11;/h2-5,11,15H,6-10,17H2,1H3,(H,18,20);1H. The molecule has 0 radical (unpaired) electrons. The lowest BCUT2D eigenvalue weighted by Crippen LogP contribution is -2.43. The Morgan fingerprint density at radius 2 is 1.92 bits per heavy atom. The van der Waals surface area contributed by atoms with Gasteiger partial charge in [-0.15, -0.1) is 12.4 Å². The van der Waals surface area contributed by atoms with E-state index < -0.39 is 12.0 Å². The highest BCUT2D eigenvalue weighted by Gasteiger charge is 2.26. The fourth-order valence-electron chi connectivity index (χ4n) is 2.35. The number of esters is 1. The van der Waals surface area contributed by atoms with Crippen LogP contribution in [-0.4, -0.2) is 44.8 Å². The summed E-state index contributed by atoms with van der Waals surface area (Å²) in [6.07, 6.45) is 1.60. The molecule has 24 heavy (non-hydrogen) atoms. The molecule has 1 saturated heterocycles. The monoisotopic (exact) mass is 358 g/mol. The van der Waals surface area contributed by atoms with E-state index >= 15 is 0 Å². The van der Waals surface area contributed by atoms with Crippen LogP contribution >= 0.6 is 12.4 Å². The number of hydrogen-bond donors (Lipinski definition) is 2. The molecule has 3 N–H and O–H groups in total. The molecule has 0 aromatic heterocycles. The molecule has 0 spiro atoms. The third-order valence-corrected chi connectivity index (χ3v) is 3.78. The van der Waals surface area contributed by atoms with E-state index in [-0.39, 0.29) is 30.8 Å². The van der Waals surface area contributed by atoms with Crippen LogP contribution in [-0.2, 0) is 19.1 Å². The Kier molecular flexibility index (Phi) is 8.53. The van der Waals surface area contributed by atoms with Gasteiger partial charge in [0, 0.05) is 18.9 Å². The highest BCUT2D eigenvalue weighted by molar-refractivity contribution is 5.94. The van der Waals surface area contributed by atoms with E-state index in [0.717, 1.165) is 12.8 Å². The van der Waals surface area contributed by atoms with Gasteiger partial charge in [0.1, 0.15) is 5.75 Å². The van der Waals surface area contributed by atoms with Crippen molar-refractivity contribution < 1.29 is 23.8 Å². The number of carbonyl (C=O) groups is 2. The lowest BCUT2D eigenvalue weighted by Gasteiger charge is -2.26. The zero-order valence-corrected chi connectivity index (χ0v) is 14.3. The van der Waals surface area contributed by atoms with Crippen molar-refractivity contribution in [3.05, 3.63) is 24.3 Å². The number of amides is 1. The van der Waals surface area contributed by atoms with Gasteiger partial charge in [-0.1, -0.05) is 0 Å². The normalized spacial score (nSPS) is 15.8. The van der Waals surface area contributed by atoms with E-state index in [9.17, 15) is 9.59 Å². The number of hydrogen-bond acceptors (Lipinski definition) is 6.